The molecule has 0 unspecified atom stereocenters. The van der Waals surface area contributed by atoms with Crippen LogP contribution < -0.4 is 20.7 Å². The third kappa shape index (κ3) is 4.21. The predicted octanol–water partition coefficient (Wildman–Crippen LogP) is 3.43. The van der Waals surface area contributed by atoms with Crippen molar-refractivity contribution in [3.05, 3.63) is 82.9 Å². The largest absolute Gasteiger partial charge is 0.478 e. The van der Waals surface area contributed by atoms with E-state index < -0.39 is 28.1 Å². The molecule has 0 spiro atoms. The second-order valence-electron chi connectivity index (χ2n) is 9.53. The van der Waals surface area contributed by atoms with Crippen LogP contribution in [0.25, 0.3) is 0 Å². The van der Waals surface area contributed by atoms with E-state index in [4.69, 9.17) is 4.74 Å². The molecule has 0 atom stereocenters. The van der Waals surface area contributed by atoms with Crippen LogP contribution in [0.4, 0.5) is 0 Å². The fraction of sp³-hybridized carbons (Fsp3) is 0.259. The lowest BCUT2D eigenvalue weighted by atomic mass is 9.97. The van der Waals surface area contributed by atoms with Crippen molar-refractivity contribution in [2.75, 3.05) is 7.11 Å². The number of carbonyl (C=O) groups is 2. The summed E-state index contributed by atoms with van der Waals surface area (Å²) >= 11 is 0. The summed E-state index contributed by atoms with van der Waals surface area (Å²) in [5, 5.41) is 14.5. The molecule has 1 N–H and O–H groups in total. The van der Waals surface area contributed by atoms with Gasteiger partial charge in [-0.2, -0.15) is 0 Å². The van der Waals surface area contributed by atoms with Crippen molar-refractivity contribution in [2.24, 2.45) is 0 Å². The van der Waals surface area contributed by atoms with Crippen LogP contribution in [0, 0.1) is 13.8 Å². The zero-order valence-electron chi connectivity index (χ0n) is 20.4. The lowest BCUT2D eigenvalue weighted by Crippen LogP contribution is -2.70. The van der Waals surface area contributed by atoms with Crippen molar-refractivity contribution >= 4 is 48.8 Å². The quantitative estimate of drug-likeness (QED) is 0.437. The highest BCUT2D eigenvalue weighted by atomic mass is 28.3. The van der Waals surface area contributed by atoms with Crippen LogP contribution in [-0.4, -0.2) is 40.3 Å². The van der Waals surface area contributed by atoms with E-state index in [0.717, 1.165) is 20.7 Å². The molecule has 4 nitrogen and oxygen atoms in total. The van der Waals surface area contributed by atoms with E-state index in [1.54, 1.807) is 0 Å². The van der Waals surface area contributed by atoms with Crippen LogP contribution >= 0.6 is 0 Å². The van der Waals surface area contributed by atoms with E-state index in [1.807, 2.05) is 50.2 Å². The molecule has 0 fully saturated rings. The van der Waals surface area contributed by atoms with Gasteiger partial charge in [0, 0.05) is 0 Å². The fourth-order valence-corrected chi connectivity index (χ4v) is 12.7. The molecule has 0 heterocycles. The summed E-state index contributed by atoms with van der Waals surface area (Å²) in [6, 6.07) is 20.3. The Morgan fingerprint density at radius 1 is 0.697 bits per heavy atom. The van der Waals surface area contributed by atoms with Crippen LogP contribution in [-0.2, 0) is 4.74 Å². The Bertz CT molecular complexity index is 1200. The van der Waals surface area contributed by atoms with Gasteiger partial charge in [-0.15, -0.1) is 0 Å². The number of rotatable bonds is 6. The number of carbonyl (C=O) groups excluding carboxylic acids is 1. The van der Waals surface area contributed by atoms with Gasteiger partial charge >= 0.3 is 11.9 Å². The SMILES string of the molecule is COC(=O)c1c(C)c(C)c(C(=O)O)c([Si](C)(C)c2ccccc2)c1[Si](C)(C)c1ccccc1. The summed E-state index contributed by atoms with van der Waals surface area (Å²) in [4.78, 5) is 26.0. The second kappa shape index (κ2) is 9.11. The van der Waals surface area contributed by atoms with Crippen LogP contribution in [0.5, 0.6) is 0 Å². The third-order valence-corrected chi connectivity index (χ3v) is 14.2. The molecule has 3 aromatic carbocycles. The van der Waals surface area contributed by atoms with Gasteiger partial charge in [0.15, 0.2) is 0 Å². The number of ether oxygens (including phenoxy) is 1. The minimum atomic E-state index is -2.55. The van der Waals surface area contributed by atoms with Gasteiger partial charge in [-0.1, -0.05) is 97.2 Å². The molecular weight excluding hydrogens is 444 g/mol. The van der Waals surface area contributed by atoms with E-state index >= 15 is 0 Å². The summed E-state index contributed by atoms with van der Waals surface area (Å²) in [6.07, 6.45) is 0. The number of hydrogen-bond acceptors (Lipinski definition) is 3. The van der Waals surface area contributed by atoms with Gasteiger partial charge in [-0.25, -0.2) is 9.59 Å². The first kappa shape index (κ1) is 24.7. The Labute approximate surface area is 198 Å². The Morgan fingerprint density at radius 2 is 1.06 bits per heavy atom. The van der Waals surface area contributed by atoms with E-state index in [1.165, 1.54) is 7.11 Å². The summed E-state index contributed by atoms with van der Waals surface area (Å²) < 4.78 is 5.27. The highest BCUT2D eigenvalue weighted by molar-refractivity contribution is 7.09. The lowest BCUT2D eigenvalue weighted by molar-refractivity contribution is 0.0599. The zero-order chi connectivity index (χ0) is 24.6. The summed E-state index contributed by atoms with van der Waals surface area (Å²) in [7, 11) is -3.68. The number of methoxy groups -OCH3 is 1. The lowest BCUT2D eigenvalue weighted by Gasteiger charge is -2.37. The van der Waals surface area contributed by atoms with Crippen LogP contribution in [0.15, 0.2) is 60.7 Å². The molecule has 3 rings (SSSR count). The number of carboxylic acids is 1. The zero-order valence-corrected chi connectivity index (χ0v) is 22.4. The number of benzene rings is 3. The molecule has 0 amide bonds. The molecule has 0 aliphatic rings. The first-order valence-electron chi connectivity index (χ1n) is 11.1. The maximum atomic E-state index is 13.3. The van der Waals surface area contributed by atoms with Gasteiger partial charge < -0.3 is 9.84 Å². The molecule has 0 aromatic heterocycles. The van der Waals surface area contributed by atoms with Gasteiger partial charge in [0.1, 0.15) is 16.1 Å². The molecule has 6 heteroatoms. The van der Waals surface area contributed by atoms with Crippen LogP contribution in [0.2, 0.25) is 26.2 Å². The highest BCUT2D eigenvalue weighted by Gasteiger charge is 2.43. The van der Waals surface area contributed by atoms with Gasteiger partial charge in [-0.05, 0) is 35.3 Å². The monoisotopic (exact) mass is 476 g/mol. The average Bonchev–Trinajstić information content (AvgIpc) is 2.80. The summed E-state index contributed by atoms with van der Waals surface area (Å²) in [5.74, 6) is -1.35. The van der Waals surface area contributed by atoms with Crippen molar-refractivity contribution in [3.63, 3.8) is 0 Å². The predicted molar refractivity (Wildman–Crippen MR) is 141 cm³/mol. The minimum absolute atomic E-state index is 0.340. The Hall–Kier alpha value is -2.97. The molecule has 0 radical (unpaired) electrons. The number of carboxylic acid groups (broad SMARTS) is 1. The fourth-order valence-electron chi connectivity index (χ4n) is 4.87. The van der Waals surface area contributed by atoms with Crippen LogP contribution in [0.1, 0.15) is 31.8 Å². The van der Waals surface area contributed by atoms with Gasteiger partial charge in [0.25, 0.3) is 0 Å². The van der Waals surface area contributed by atoms with Gasteiger partial charge in [0.2, 0.25) is 0 Å². The molecule has 33 heavy (non-hydrogen) atoms. The summed E-state index contributed by atoms with van der Waals surface area (Å²) in [6.45, 7) is 12.4. The first-order valence-corrected chi connectivity index (χ1v) is 17.1. The topological polar surface area (TPSA) is 63.6 Å². The highest BCUT2D eigenvalue weighted by Crippen LogP contribution is 2.23. The first-order chi connectivity index (χ1) is 15.5. The van der Waals surface area contributed by atoms with Crippen molar-refractivity contribution in [2.45, 2.75) is 40.0 Å². The molecule has 0 aliphatic carbocycles. The molecule has 0 aliphatic heterocycles. The second-order valence-corrected chi connectivity index (χ2v) is 18.2. The number of aromatic carboxylic acids is 1. The van der Waals surface area contributed by atoms with E-state index in [2.05, 4.69) is 50.5 Å². The smallest absolute Gasteiger partial charge is 0.338 e. The van der Waals surface area contributed by atoms with E-state index in [-0.39, 0.29) is 0 Å². The van der Waals surface area contributed by atoms with Gasteiger partial charge in [-0.3, -0.25) is 0 Å². The molecule has 0 saturated carbocycles. The molecular formula is C27H32O4Si2. The number of hydrogen-bond donors (Lipinski definition) is 1. The van der Waals surface area contributed by atoms with Crippen LogP contribution in [0.3, 0.4) is 0 Å². The van der Waals surface area contributed by atoms with Crippen molar-refractivity contribution in [1.82, 2.24) is 0 Å². The standard InChI is InChI=1S/C27H32O4Si2/c1-18-19(2)23(27(30)31-3)25(33(6,7)21-16-12-9-13-17-21)24(22(18)26(28)29)32(4,5)20-14-10-8-11-15-20/h8-17H,1-7H3,(H,28,29). The Kier molecular flexibility index (Phi) is 6.81. The molecule has 3 aromatic rings. The summed E-state index contributed by atoms with van der Waals surface area (Å²) in [5.41, 5.74) is 2.20. The van der Waals surface area contributed by atoms with E-state index in [0.29, 0.717) is 22.3 Å². The average molecular weight is 477 g/mol. The third-order valence-electron chi connectivity index (χ3n) is 6.91. The molecule has 0 saturated heterocycles. The normalized spacial score (nSPS) is 11.8. The van der Waals surface area contributed by atoms with Crippen molar-refractivity contribution in [3.8, 4) is 0 Å². The Balaban J connectivity index is 2.61. The van der Waals surface area contributed by atoms with E-state index in [9.17, 15) is 14.7 Å². The molecule has 172 valence electrons. The van der Waals surface area contributed by atoms with Crippen molar-refractivity contribution in [1.29, 1.82) is 0 Å². The van der Waals surface area contributed by atoms with Crippen molar-refractivity contribution < 1.29 is 19.4 Å². The number of esters is 1. The Morgan fingerprint density at radius 3 is 1.42 bits per heavy atom. The maximum Gasteiger partial charge on any atom is 0.338 e. The van der Waals surface area contributed by atoms with Gasteiger partial charge in [0.05, 0.1) is 18.2 Å². The minimum Gasteiger partial charge on any atom is -0.478 e. The molecule has 0 bridgehead atoms. The maximum absolute atomic E-state index is 13.3.